The number of aromatic nitrogens is 4. The zero-order chi connectivity index (χ0) is 37.1. The van der Waals surface area contributed by atoms with Gasteiger partial charge in [0.2, 0.25) is 11.9 Å². The molecule has 2 aromatic heterocycles. The largest absolute Gasteiger partial charge is 0.432 e. The summed E-state index contributed by atoms with van der Waals surface area (Å²) >= 11 is 0. The Morgan fingerprint density at radius 2 is 1.75 bits per heavy atom. The summed E-state index contributed by atoms with van der Waals surface area (Å²) in [5, 5.41) is 14.7. The third-order valence-electron chi connectivity index (χ3n) is 10.1. The van der Waals surface area contributed by atoms with Gasteiger partial charge in [0, 0.05) is 62.8 Å². The number of amides is 3. The molecule has 3 aliphatic heterocycles. The number of fused-ring (bicyclic) bond motifs is 1. The van der Waals surface area contributed by atoms with Gasteiger partial charge >= 0.3 is 12.6 Å². The van der Waals surface area contributed by atoms with Gasteiger partial charge in [-0.25, -0.2) is 23.3 Å². The molecule has 3 amide bonds. The van der Waals surface area contributed by atoms with E-state index in [2.05, 4.69) is 59.7 Å². The minimum absolute atomic E-state index is 0.0761. The van der Waals surface area contributed by atoms with Crippen molar-refractivity contribution in [2.24, 2.45) is 7.05 Å². The highest BCUT2D eigenvalue weighted by Gasteiger charge is 2.29. The first-order chi connectivity index (χ1) is 25.6. The highest BCUT2D eigenvalue weighted by molar-refractivity contribution is 7.82. The fourth-order valence-electron chi connectivity index (χ4n) is 7.39. The Hall–Kier alpha value is -4.74. The molecule has 3 fully saturated rings. The van der Waals surface area contributed by atoms with E-state index in [0.717, 1.165) is 66.8 Å². The van der Waals surface area contributed by atoms with Crippen molar-refractivity contribution in [2.45, 2.75) is 68.5 Å². The molecule has 53 heavy (non-hydrogen) atoms. The van der Waals surface area contributed by atoms with Crippen molar-refractivity contribution in [2.75, 3.05) is 54.8 Å². The second-order valence-electron chi connectivity index (χ2n) is 13.8. The maximum absolute atomic E-state index is 13.5. The Kier molecular flexibility index (Phi) is 11.1. The van der Waals surface area contributed by atoms with Gasteiger partial charge < -0.3 is 20.3 Å². The van der Waals surface area contributed by atoms with E-state index in [4.69, 9.17) is 0 Å². The number of alkyl halides is 2. The molecule has 2 atom stereocenters. The number of piperidine rings is 2. The van der Waals surface area contributed by atoms with E-state index in [1.165, 1.54) is 22.9 Å². The first-order valence-electron chi connectivity index (χ1n) is 18.0. The molecule has 5 heterocycles. The Bertz CT molecular complexity index is 1950. The van der Waals surface area contributed by atoms with Gasteiger partial charge in [-0.15, -0.1) is 0 Å². The van der Waals surface area contributed by atoms with Crippen LogP contribution in [0, 0.1) is 0 Å². The Balaban J connectivity index is 0.870. The normalized spacial score (nSPS) is 19.4. The van der Waals surface area contributed by atoms with Crippen LogP contribution in [0.4, 0.5) is 31.0 Å². The molecule has 0 saturated carbocycles. The minimum atomic E-state index is -2.93. The molecule has 0 aliphatic carbocycles. The molecule has 0 spiro atoms. The number of urea groups is 1. The first kappa shape index (κ1) is 36.6. The smallest absolute Gasteiger partial charge is 0.387 e. The summed E-state index contributed by atoms with van der Waals surface area (Å²) in [7, 11) is 0.575. The molecule has 0 radical (unpaired) electrons. The van der Waals surface area contributed by atoms with Crippen LogP contribution in [0.5, 0.6) is 5.75 Å². The number of aryl methyl sites for hydroxylation is 1. The Labute approximate surface area is 308 Å². The fraction of sp³-hybridized carbons (Fsp3) is 0.472. The zero-order valence-electron chi connectivity index (χ0n) is 29.7. The lowest BCUT2D eigenvalue weighted by molar-refractivity contribution is -0.120. The summed E-state index contributed by atoms with van der Waals surface area (Å²) in [5.74, 6) is 0.983. The standard InChI is InChI=1S/C36H44F2N10O4S/c1-23(22-46-13-8-24(9-14-46)25-6-7-30-31(18-25)45(2)44-33(30)48-17-12-32(49)43-36(48)50)41-27-4-3-5-29(19-27)53(51)47-15-10-26(11-16-47)42-35-39-20-28(21-40-35)52-34(37)38/h3-7,18-21,23-24,26,34,41H,8-17,22H2,1-2H3,(H,39,40,42)(H,43,49,50). The Morgan fingerprint density at radius 3 is 2.47 bits per heavy atom. The molecule has 17 heteroatoms. The third-order valence-corrected chi connectivity index (χ3v) is 11.6. The summed E-state index contributed by atoms with van der Waals surface area (Å²) in [6, 6.07) is 14.0. The quantitative estimate of drug-likeness (QED) is 0.186. The van der Waals surface area contributed by atoms with Gasteiger partial charge in [0.15, 0.2) is 11.6 Å². The molecule has 14 nitrogen and oxygen atoms in total. The molecular weight excluding hydrogens is 707 g/mol. The van der Waals surface area contributed by atoms with Crippen LogP contribution in [0.1, 0.15) is 50.5 Å². The van der Waals surface area contributed by atoms with E-state index in [-0.39, 0.29) is 30.2 Å². The highest BCUT2D eigenvalue weighted by atomic mass is 32.2. The second-order valence-corrected chi connectivity index (χ2v) is 15.3. The monoisotopic (exact) mass is 750 g/mol. The van der Waals surface area contributed by atoms with Gasteiger partial charge in [-0.2, -0.15) is 13.9 Å². The third kappa shape index (κ3) is 8.74. The van der Waals surface area contributed by atoms with Crippen molar-refractivity contribution in [1.82, 2.24) is 34.3 Å². The van der Waals surface area contributed by atoms with Crippen LogP contribution in [0.25, 0.3) is 10.9 Å². The van der Waals surface area contributed by atoms with Crippen molar-refractivity contribution in [1.29, 1.82) is 0 Å². The van der Waals surface area contributed by atoms with E-state index in [1.54, 1.807) is 0 Å². The number of benzene rings is 2. The summed E-state index contributed by atoms with van der Waals surface area (Å²) in [5.41, 5.74) is 3.17. The molecule has 3 N–H and O–H groups in total. The van der Waals surface area contributed by atoms with Crippen molar-refractivity contribution < 1.29 is 27.3 Å². The van der Waals surface area contributed by atoms with Crippen LogP contribution in [-0.2, 0) is 22.8 Å². The number of carbonyl (C=O) groups is 2. The summed E-state index contributed by atoms with van der Waals surface area (Å²) in [6.45, 7) is 3.65. The number of ether oxygens (including phenoxy) is 1. The predicted octanol–water partition coefficient (Wildman–Crippen LogP) is 4.69. The van der Waals surface area contributed by atoms with Gasteiger partial charge in [0.05, 0.1) is 22.8 Å². The molecule has 3 aliphatic rings. The summed E-state index contributed by atoms with van der Waals surface area (Å²) in [4.78, 5) is 37.0. The number of likely N-dealkylation sites (tertiary alicyclic amines) is 1. The van der Waals surface area contributed by atoms with E-state index in [9.17, 15) is 22.6 Å². The van der Waals surface area contributed by atoms with E-state index in [0.29, 0.717) is 37.3 Å². The molecule has 2 unspecified atom stereocenters. The molecule has 0 bridgehead atoms. The number of hydrogen-bond donors (Lipinski definition) is 3. The van der Waals surface area contributed by atoms with Crippen LogP contribution < -0.4 is 25.6 Å². The van der Waals surface area contributed by atoms with E-state index < -0.39 is 23.6 Å². The average molecular weight is 751 g/mol. The van der Waals surface area contributed by atoms with E-state index >= 15 is 0 Å². The number of halogens is 2. The molecule has 7 rings (SSSR count). The van der Waals surface area contributed by atoms with Crippen LogP contribution in [0.15, 0.2) is 59.8 Å². The number of rotatable bonds is 12. The lowest BCUT2D eigenvalue weighted by atomic mass is 9.89. The zero-order valence-corrected chi connectivity index (χ0v) is 30.5. The van der Waals surface area contributed by atoms with Crippen molar-refractivity contribution in [3.05, 3.63) is 60.4 Å². The number of nitrogens with one attached hydrogen (secondary N) is 3. The average Bonchev–Trinajstić information content (AvgIpc) is 3.47. The number of hydrogen-bond acceptors (Lipinski definition) is 10. The van der Waals surface area contributed by atoms with Gasteiger partial charge in [0.25, 0.3) is 0 Å². The maximum Gasteiger partial charge on any atom is 0.387 e. The fourth-order valence-corrected chi connectivity index (χ4v) is 8.65. The summed E-state index contributed by atoms with van der Waals surface area (Å²) in [6.07, 6.45) is 6.22. The van der Waals surface area contributed by atoms with Crippen LogP contribution in [0.2, 0.25) is 0 Å². The van der Waals surface area contributed by atoms with Crippen molar-refractivity contribution >= 4 is 51.3 Å². The van der Waals surface area contributed by atoms with Crippen LogP contribution in [-0.4, -0.2) is 103 Å². The van der Waals surface area contributed by atoms with Gasteiger partial charge in [-0.05, 0) is 87.5 Å². The summed E-state index contributed by atoms with van der Waals surface area (Å²) < 4.78 is 46.4. The van der Waals surface area contributed by atoms with E-state index in [1.807, 2.05) is 46.4 Å². The predicted molar refractivity (Wildman–Crippen MR) is 197 cm³/mol. The molecule has 282 valence electrons. The topological polar surface area (TPSA) is 150 Å². The second kappa shape index (κ2) is 16.1. The maximum atomic E-state index is 13.5. The van der Waals surface area contributed by atoms with Gasteiger partial charge in [-0.3, -0.25) is 19.7 Å². The lowest BCUT2D eigenvalue weighted by Gasteiger charge is -2.34. The highest BCUT2D eigenvalue weighted by Crippen LogP contribution is 2.34. The minimum Gasteiger partial charge on any atom is -0.432 e. The van der Waals surface area contributed by atoms with Crippen molar-refractivity contribution in [3.63, 3.8) is 0 Å². The number of carbonyl (C=O) groups excluding carboxylic acids is 2. The van der Waals surface area contributed by atoms with Crippen LogP contribution in [0.3, 0.4) is 0 Å². The number of imide groups is 1. The molecule has 3 saturated heterocycles. The number of nitrogens with zero attached hydrogens (tertiary/aromatic N) is 7. The molecule has 2 aromatic carbocycles. The Morgan fingerprint density at radius 1 is 1.00 bits per heavy atom. The van der Waals surface area contributed by atoms with Crippen molar-refractivity contribution in [3.8, 4) is 5.75 Å². The number of anilines is 3. The lowest BCUT2D eigenvalue weighted by Crippen LogP contribution is -2.49. The molecule has 4 aromatic rings. The first-order valence-corrected chi connectivity index (χ1v) is 19.1. The van der Waals surface area contributed by atoms with Gasteiger partial charge in [0.1, 0.15) is 11.0 Å². The van der Waals surface area contributed by atoms with Gasteiger partial charge in [-0.1, -0.05) is 12.1 Å². The SMILES string of the molecule is CC(CN1CCC(c2ccc3c(N4CCC(=O)NC4=O)nn(C)c3c2)CC1)Nc1cccc(S(=O)N2CCC(Nc3ncc(OC(F)F)cn3)CC2)c1. The molecular formula is C36H44F2N10O4S. The van der Waals surface area contributed by atoms with Crippen LogP contribution >= 0.6 is 0 Å².